The zero-order valence-electron chi connectivity index (χ0n) is 28.3. The molecule has 0 bridgehead atoms. The molecule has 0 N–H and O–H groups in total. The molecule has 0 aliphatic carbocycles. The van der Waals surface area contributed by atoms with Crippen molar-refractivity contribution in [1.29, 1.82) is 0 Å². The van der Waals surface area contributed by atoms with Crippen molar-refractivity contribution in [2.24, 2.45) is 4.99 Å². The van der Waals surface area contributed by atoms with Crippen molar-refractivity contribution in [1.82, 2.24) is 19.4 Å². The number of allylic oxidation sites excluding steroid dienone is 1. The number of imidazole rings is 1. The molecule has 2 aromatic heterocycles. The Balaban J connectivity index is 0.000000417. The minimum absolute atomic E-state index is 0.173. The first-order valence-electron chi connectivity index (χ1n) is 15.1. The SMILES string of the molecule is CC.CC.CC(C)=CN=C(C)N1CCN(C(=O)OC(C)(C)C)CC1.FC(F)(F)c1cn(-c2cc(Cl)ccc2Cl)c(-c2cccs2)n1. The van der Waals surface area contributed by atoms with Gasteiger partial charge in [0, 0.05) is 43.6 Å². The van der Waals surface area contributed by atoms with Crippen molar-refractivity contribution in [2.75, 3.05) is 26.2 Å². The number of benzene rings is 1. The number of amides is 1. The van der Waals surface area contributed by atoms with Crippen LogP contribution in [0.5, 0.6) is 0 Å². The van der Waals surface area contributed by atoms with Gasteiger partial charge >= 0.3 is 12.3 Å². The third-order valence-electron chi connectivity index (χ3n) is 5.80. The highest BCUT2D eigenvalue weighted by Crippen LogP contribution is 2.36. The second-order valence-electron chi connectivity index (χ2n) is 10.7. The van der Waals surface area contributed by atoms with E-state index in [2.05, 4.69) is 14.9 Å². The monoisotopic (exact) mass is 703 g/mol. The van der Waals surface area contributed by atoms with E-state index in [1.54, 1.807) is 28.5 Å². The smallest absolute Gasteiger partial charge is 0.434 e. The van der Waals surface area contributed by atoms with Crippen LogP contribution in [-0.4, -0.2) is 63.1 Å². The van der Waals surface area contributed by atoms with Gasteiger partial charge in [-0.1, -0.05) is 62.5 Å². The van der Waals surface area contributed by atoms with Crippen LogP contribution in [0, 0.1) is 0 Å². The van der Waals surface area contributed by atoms with E-state index in [1.165, 1.54) is 33.6 Å². The normalized spacial score (nSPS) is 13.3. The van der Waals surface area contributed by atoms with Crippen LogP contribution < -0.4 is 0 Å². The number of piperazine rings is 1. The molecule has 0 unspecified atom stereocenters. The van der Waals surface area contributed by atoms with Crippen molar-refractivity contribution in [3.63, 3.8) is 0 Å². The molecule has 1 aliphatic heterocycles. The molecule has 7 nitrogen and oxygen atoms in total. The van der Waals surface area contributed by atoms with Crippen LogP contribution in [0.15, 0.2) is 58.7 Å². The average molecular weight is 705 g/mol. The van der Waals surface area contributed by atoms with Gasteiger partial charge in [0.2, 0.25) is 0 Å². The van der Waals surface area contributed by atoms with Crippen LogP contribution >= 0.6 is 34.5 Å². The minimum Gasteiger partial charge on any atom is -0.444 e. The molecule has 1 aromatic carbocycles. The number of hydrogen-bond acceptors (Lipinski definition) is 5. The van der Waals surface area contributed by atoms with Gasteiger partial charge in [-0.25, -0.2) is 14.8 Å². The molecule has 1 amide bonds. The summed E-state index contributed by atoms with van der Waals surface area (Å²) in [6, 6.07) is 8.04. The van der Waals surface area contributed by atoms with E-state index in [0.717, 1.165) is 25.1 Å². The second-order valence-corrected chi connectivity index (χ2v) is 12.5. The number of halogens is 5. The fourth-order valence-electron chi connectivity index (χ4n) is 3.79. The largest absolute Gasteiger partial charge is 0.444 e. The number of carbonyl (C=O) groups excluding carboxylic acids is 1. The van der Waals surface area contributed by atoms with Gasteiger partial charge in [0.25, 0.3) is 0 Å². The van der Waals surface area contributed by atoms with Crippen LogP contribution in [0.4, 0.5) is 18.0 Å². The molecule has 1 saturated heterocycles. The first-order chi connectivity index (χ1) is 21.5. The molecule has 46 heavy (non-hydrogen) atoms. The number of amidine groups is 1. The molecule has 3 heterocycles. The number of aliphatic imine (C=N–C) groups is 1. The fraction of sp³-hybridized carbons (Fsp3) is 0.485. The standard InChI is InChI=1S/C15H27N3O2.C14H7Cl2F3N2S.2C2H6/c1-12(2)11-16-13(3)17-7-9-18(10-8-17)14(19)20-15(4,5)6;15-8-3-4-9(16)10(6-8)21-7-12(14(17,18)19)20-13(21)11-2-1-5-22-11;2*1-2/h11H,7-10H2,1-6H3;1-7H;2*1-2H3. The van der Waals surface area contributed by atoms with Crippen molar-refractivity contribution < 1.29 is 22.7 Å². The van der Waals surface area contributed by atoms with Crippen LogP contribution in [0.3, 0.4) is 0 Å². The number of thiophene rings is 1. The molecular weight excluding hydrogens is 658 g/mol. The van der Waals surface area contributed by atoms with Gasteiger partial charge < -0.3 is 14.5 Å². The molecule has 0 spiro atoms. The molecule has 0 atom stereocenters. The molecule has 13 heteroatoms. The lowest BCUT2D eigenvalue weighted by Gasteiger charge is -2.36. The third-order valence-corrected chi connectivity index (χ3v) is 7.22. The third kappa shape index (κ3) is 13.0. The Morgan fingerprint density at radius 2 is 1.57 bits per heavy atom. The number of nitrogens with zero attached hydrogens (tertiary/aromatic N) is 5. The van der Waals surface area contributed by atoms with Gasteiger partial charge in [-0.15, -0.1) is 11.3 Å². The summed E-state index contributed by atoms with van der Waals surface area (Å²) in [6.07, 6.45) is -1.97. The Labute approximate surface area is 285 Å². The summed E-state index contributed by atoms with van der Waals surface area (Å²) in [6.45, 7) is 22.7. The molecule has 0 saturated carbocycles. The quantitative estimate of drug-likeness (QED) is 0.201. The predicted molar refractivity (Wildman–Crippen MR) is 187 cm³/mol. The summed E-state index contributed by atoms with van der Waals surface area (Å²) in [5, 5.41) is 2.42. The molecule has 256 valence electrons. The van der Waals surface area contributed by atoms with Gasteiger partial charge in [0.15, 0.2) is 11.5 Å². The molecule has 0 radical (unpaired) electrons. The topological polar surface area (TPSA) is 63.0 Å². The van der Waals surface area contributed by atoms with Gasteiger partial charge in [-0.3, -0.25) is 4.57 Å². The maximum Gasteiger partial charge on any atom is 0.434 e. The zero-order valence-corrected chi connectivity index (χ0v) is 30.6. The first-order valence-corrected chi connectivity index (χ1v) is 16.7. The lowest BCUT2D eigenvalue weighted by atomic mass is 10.2. The summed E-state index contributed by atoms with van der Waals surface area (Å²) in [5.74, 6) is 1.17. The Morgan fingerprint density at radius 1 is 0.978 bits per heavy atom. The van der Waals surface area contributed by atoms with E-state index in [1.807, 2.05) is 75.4 Å². The van der Waals surface area contributed by atoms with E-state index in [9.17, 15) is 18.0 Å². The van der Waals surface area contributed by atoms with Crippen molar-refractivity contribution >= 4 is 46.5 Å². The molecular formula is C33H46Cl2F3N5O2S. The summed E-state index contributed by atoms with van der Waals surface area (Å²) < 4.78 is 45.6. The number of ether oxygens (including phenoxy) is 1. The van der Waals surface area contributed by atoms with E-state index < -0.39 is 17.5 Å². The van der Waals surface area contributed by atoms with E-state index in [4.69, 9.17) is 27.9 Å². The van der Waals surface area contributed by atoms with Gasteiger partial charge in [0.1, 0.15) is 11.4 Å². The van der Waals surface area contributed by atoms with Crippen LogP contribution in [0.2, 0.25) is 10.0 Å². The maximum absolute atomic E-state index is 13.0. The van der Waals surface area contributed by atoms with Crippen LogP contribution in [-0.2, 0) is 10.9 Å². The van der Waals surface area contributed by atoms with E-state index in [-0.39, 0.29) is 16.9 Å². The fourth-order valence-corrected chi connectivity index (χ4v) is 4.88. The highest BCUT2D eigenvalue weighted by molar-refractivity contribution is 7.13. The average Bonchev–Trinajstić information content (AvgIpc) is 3.69. The summed E-state index contributed by atoms with van der Waals surface area (Å²) in [5.41, 5.74) is 0.110. The van der Waals surface area contributed by atoms with Gasteiger partial charge in [0.05, 0.1) is 15.6 Å². The minimum atomic E-state index is -4.54. The van der Waals surface area contributed by atoms with Crippen molar-refractivity contribution in [3.8, 4) is 16.4 Å². The van der Waals surface area contributed by atoms with Crippen LogP contribution in [0.1, 0.15) is 74.9 Å². The van der Waals surface area contributed by atoms with E-state index >= 15 is 0 Å². The Kier molecular flexibility index (Phi) is 16.9. The highest BCUT2D eigenvalue weighted by atomic mass is 35.5. The zero-order chi connectivity index (χ0) is 35.2. The van der Waals surface area contributed by atoms with Crippen molar-refractivity contribution in [3.05, 3.63) is 69.4 Å². The molecule has 1 aliphatic rings. The Bertz CT molecular complexity index is 1420. The number of carbonyl (C=O) groups is 1. The number of alkyl halides is 3. The number of hydrogen-bond donors (Lipinski definition) is 0. The second kappa shape index (κ2) is 19.0. The highest BCUT2D eigenvalue weighted by Gasteiger charge is 2.35. The number of aromatic nitrogens is 2. The maximum atomic E-state index is 13.0. The van der Waals surface area contributed by atoms with Gasteiger partial charge in [-0.2, -0.15) is 13.2 Å². The van der Waals surface area contributed by atoms with Crippen molar-refractivity contribution in [2.45, 2.75) is 81.0 Å². The lowest BCUT2D eigenvalue weighted by molar-refractivity contribution is -0.140. The summed E-state index contributed by atoms with van der Waals surface area (Å²) in [4.78, 5) is 24.6. The Hall–Kier alpha value is -3.02. The van der Waals surface area contributed by atoms with Gasteiger partial charge in [-0.05, 0) is 71.2 Å². The molecule has 1 fully saturated rings. The lowest BCUT2D eigenvalue weighted by Crippen LogP contribution is -2.51. The number of rotatable bonds is 3. The summed E-state index contributed by atoms with van der Waals surface area (Å²) >= 11 is 13.3. The predicted octanol–water partition coefficient (Wildman–Crippen LogP) is 10.9. The van der Waals surface area contributed by atoms with E-state index in [0.29, 0.717) is 28.7 Å². The summed E-state index contributed by atoms with van der Waals surface area (Å²) in [7, 11) is 0. The first kappa shape index (κ1) is 41.0. The molecule has 4 rings (SSSR count). The molecule has 3 aromatic rings. The Morgan fingerprint density at radius 3 is 2.07 bits per heavy atom. The van der Waals surface area contributed by atoms with Crippen LogP contribution in [0.25, 0.3) is 16.4 Å².